The van der Waals surface area contributed by atoms with Crippen LogP contribution in [-0.2, 0) is 50.9 Å². The average Bonchev–Trinajstić information content (AvgIpc) is 1.25. The zero-order valence-electron chi connectivity index (χ0n) is 4.86. The number of rotatable bonds is 0. The first kappa shape index (κ1) is 23.7. The van der Waals surface area contributed by atoms with Gasteiger partial charge in [-0.2, -0.15) is 0 Å². The Bertz CT molecular complexity index is 73.7. The zero-order chi connectivity index (χ0) is 7.15. The molecule has 0 aromatic rings. The molecule has 0 saturated heterocycles. The van der Waals surface area contributed by atoms with Crippen molar-refractivity contribution in [3.05, 3.63) is 0 Å². The Kier molecular flexibility index (Phi) is 44.4. The van der Waals surface area contributed by atoms with E-state index in [1.54, 1.807) is 0 Å². The van der Waals surface area contributed by atoms with Gasteiger partial charge in [0.15, 0.2) is 0 Å². The van der Waals surface area contributed by atoms with Crippen LogP contribution in [0, 0.1) is 0 Å². The molecule has 0 spiro atoms. The molecule has 0 aliphatic heterocycles. The van der Waals surface area contributed by atoms with Crippen LogP contribution in [0.2, 0.25) is 0 Å². The molecule has 0 unspecified atom stereocenters. The van der Waals surface area contributed by atoms with Crippen LogP contribution in [0.1, 0.15) is 0 Å². The maximum absolute atomic E-state index is 8.61. The Balaban J connectivity index is -0.0000000300. The second kappa shape index (κ2) is 18.8. The van der Waals surface area contributed by atoms with Crippen molar-refractivity contribution >= 4 is 86.6 Å². The van der Waals surface area contributed by atoms with Gasteiger partial charge >= 0.3 is 150 Å². The fourth-order valence-electron chi connectivity index (χ4n) is 0. The van der Waals surface area contributed by atoms with E-state index >= 15 is 0 Å². The molecule has 0 rings (SSSR count). The van der Waals surface area contributed by atoms with E-state index in [0.29, 0.717) is 0 Å². The van der Waals surface area contributed by atoms with Crippen molar-refractivity contribution in [2.75, 3.05) is 0 Å². The first-order valence-corrected chi connectivity index (χ1v) is 7.25. The molecule has 0 aromatic carbocycles. The summed E-state index contributed by atoms with van der Waals surface area (Å²) in [5, 5.41) is 0. The molecule has 6 nitrogen and oxygen atoms in total. The van der Waals surface area contributed by atoms with E-state index in [0.717, 1.165) is 0 Å². The first-order chi connectivity index (χ1) is 3.46. The Labute approximate surface area is 146 Å². The molecule has 0 aliphatic carbocycles. The third kappa shape index (κ3) is 90.0. The fourth-order valence-corrected chi connectivity index (χ4v) is 0. The fraction of sp³-hybridized carbons (Fsp3) is 0. The van der Waals surface area contributed by atoms with Crippen molar-refractivity contribution in [2.24, 2.45) is 0 Å². The second-order valence-corrected chi connectivity index (χ2v) is 2.96. The summed E-state index contributed by atoms with van der Waals surface area (Å²) in [6, 6.07) is 0. The van der Waals surface area contributed by atoms with Crippen LogP contribution in [0.3, 0.4) is 0 Å². The van der Waals surface area contributed by atoms with Crippen molar-refractivity contribution in [3.63, 3.8) is 0 Å². The Hall–Kier alpha value is 4.04. The molecule has 0 aromatic heterocycles. The summed E-state index contributed by atoms with van der Waals surface area (Å²) in [5.74, 6) is 0. The molecule has 10 heteroatoms. The van der Waals surface area contributed by atoms with Crippen molar-refractivity contribution in [1.82, 2.24) is 0 Å². The molecule has 0 amide bonds. The molecule has 48 valence electrons. The summed E-state index contributed by atoms with van der Waals surface area (Å²) < 4.78 is 51.7. The number of hydrogen-bond acceptors (Lipinski definition) is 6. The van der Waals surface area contributed by atoms with E-state index in [9.17, 15) is 0 Å². The van der Waals surface area contributed by atoms with Gasteiger partial charge in [-0.05, 0) is 0 Å². The van der Waals surface area contributed by atoms with Gasteiger partial charge in [-0.25, -0.2) is 0 Å². The van der Waals surface area contributed by atoms with Gasteiger partial charge in [0.2, 0.25) is 0 Å². The van der Waals surface area contributed by atoms with Gasteiger partial charge in [-0.1, -0.05) is 0 Å². The van der Waals surface area contributed by atoms with Gasteiger partial charge in [0.25, 0.3) is 0 Å². The second-order valence-electron chi connectivity index (χ2n) is 0.500. The summed E-state index contributed by atoms with van der Waals surface area (Å²) in [5.41, 5.74) is 0. The molecule has 0 saturated carbocycles. The zero-order valence-corrected chi connectivity index (χ0v) is 16.4. The molecule has 0 N–H and O–H groups in total. The van der Waals surface area contributed by atoms with Crippen molar-refractivity contribution < 1.29 is 63.6 Å². The van der Waals surface area contributed by atoms with Crippen molar-refractivity contribution in [2.45, 2.75) is 0 Å². The van der Waals surface area contributed by atoms with Crippen molar-refractivity contribution in [3.8, 4) is 0 Å². The van der Waals surface area contributed by atoms with Gasteiger partial charge in [-0.15, -0.1) is 0 Å². The Morgan fingerprint density at radius 1 is 0.800 bits per heavy atom. The molecule has 0 radical (unpaired) electrons. The van der Waals surface area contributed by atoms with Crippen LogP contribution < -0.4 is 12.7 Å². The molecule has 10 heavy (non-hydrogen) atoms. The van der Waals surface area contributed by atoms with Crippen LogP contribution in [0.4, 0.5) is 0 Å². The van der Waals surface area contributed by atoms with Crippen LogP contribution in [0.15, 0.2) is 0 Å². The van der Waals surface area contributed by atoms with E-state index in [1.807, 2.05) is 0 Å². The predicted molar refractivity (Wildman–Crippen MR) is 12.9 cm³/mol. The summed E-state index contributed by atoms with van der Waals surface area (Å²) in [4.78, 5) is 0. The Morgan fingerprint density at radius 2 is 0.800 bits per heavy atom. The van der Waals surface area contributed by atoms with Gasteiger partial charge < -0.3 is 0 Å². The van der Waals surface area contributed by atoms with E-state index in [1.165, 1.54) is 0 Å². The average molecular weight is 456 g/mol. The minimum atomic E-state index is -4.29. The third-order valence-electron chi connectivity index (χ3n) is 0. The minimum absolute atomic E-state index is 0. The molecular weight excluding hydrogens is 456 g/mol. The molecule has 0 fully saturated rings. The molecular formula is BaCaO6Zr2. The molecule has 0 heterocycles. The van der Waals surface area contributed by atoms with Crippen LogP contribution in [-0.4, -0.2) is 86.6 Å². The summed E-state index contributed by atoms with van der Waals surface area (Å²) in [6.07, 6.45) is 0. The van der Waals surface area contributed by atoms with E-state index in [2.05, 4.69) is 0 Å². The summed E-state index contributed by atoms with van der Waals surface area (Å²) in [6.45, 7) is 0. The predicted octanol–water partition coefficient (Wildman–Crippen LogP) is -5.76. The third-order valence-corrected chi connectivity index (χ3v) is 0. The molecule has 0 atom stereocenters. The number of hydrogen-bond donors (Lipinski definition) is 0. The van der Waals surface area contributed by atoms with Crippen LogP contribution in [0.5, 0.6) is 0 Å². The topological polar surface area (TPSA) is 126 Å². The quantitative estimate of drug-likeness (QED) is 0.335. The normalized spacial score (nSPS) is 5.20. The first-order valence-electron chi connectivity index (χ1n) is 1.22. The van der Waals surface area contributed by atoms with Gasteiger partial charge in [0.1, 0.15) is 0 Å². The summed E-state index contributed by atoms with van der Waals surface area (Å²) in [7, 11) is 0. The standard InChI is InChI=1S/Ba.Ca.6O.2Zr/q2*+2;;;4*-1;;. The van der Waals surface area contributed by atoms with Gasteiger partial charge in [-0.3, -0.25) is 0 Å². The van der Waals surface area contributed by atoms with Gasteiger partial charge in [0, 0.05) is 0 Å². The van der Waals surface area contributed by atoms with E-state index < -0.39 is 45.3 Å². The SMILES string of the molecule is [Ba+2].[Ca+2].[O]=[Zr]([O-])[O-].[O]=[Zr]([O-])[O-]. The molecule has 0 bridgehead atoms. The Morgan fingerprint density at radius 3 is 0.800 bits per heavy atom. The maximum atomic E-state index is 8.61. The van der Waals surface area contributed by atoms with Crippen molar-refractivity contribution in [1.29, 1.82) is 0 Å². The van der Waals surface area contributed by atoms with E-state index in [4.69, 9.17) is 18.4 Å². The van der Waals surface area contributed by atoms with Crippen LogP contribution >= 0.6 is 0 Å². The van der Waals surface area contributed by atoms with Gasteiger partial charge in [0.05, 0.1) is 0 Å². The summed E-state index contributed by atoms with van der Waals surface area (Å²) >= 11 is -8.59. The monoisotopic (exact) mass is 454 g/mol. The van der Waals surface area contributed by atoms with E-state index in [-0.39, 0.29) is 86.6 Å². The van der Waals surface area contributed by atoms with Crippen LogP contribution in [0.25, 0.3) is 0 Å². The molecule has 0 aliphatic rings.